The molecular weight excluding hydrogens is 330 g/mol. The summed E-state index contributed by atoms with van der Waals surface area (Å²) in [5.74, 6) is 2.14. The Morgan fingerprint density at radius 2 is 2.13 bits per heavy atom. The Morgan fingerprint density at radius 3 is 3.00 bits per heavy atom. The largest absolute Gasteiger partial charge is 0.493 e. The number of benzene rings is 2. The minimum absolute atomic E-state index is 0.0409. The molecule has 0 aliphatic carbocycles. The second-order valence-electron chi connectivity index (χ2n) is 5.42. The Balaban J connectivity index is 1.50. The molecule has 120 valence electrons. The van der Waals surface area contributed by atoms with Crippen LogP contribution >= 0.6 is 23.4 Å². The number of carbonyl (C=O) groups is 1. The standard InChI is InChI=1S/C18H18ClNO2S/c19-14-5-3-4-13(10-14)11-23-12-18(21)20-16-8-9-22-17-7-2-1-6-15(16)17/h1-7,10,16H,8-9,11-12H2,(H,20,21)/t16-/m0/s1. The number of hydrogen-bond acceptors (Lipinski definition) is 3. The van der Waals surface area contributed by atoms with Gasteiger partial charge >= 0.3 is 0 Å². The molecule has 3 nitrogen and oxygen atoms in total. The first-order chi connectivity index (χ1) is 11.2. The van der Waals surface area contributed by atoms with Crippen molar-refractivity contribution in [2.75, 3.05) is 12.4 Å². The normalized spacial score (nSPS) is 16.3. The summed E-state index contributed by atoms with van der Waals surface area (Å²) in [6.45, 7) is 0.637. The van der Waals surface area contributed by atoms with Crippen LogP contribution in [0.5, 0.6) is 5.75 Å². The summed E-state index contributed by atoms with van der Waals surface area (Å²) in [6.07, 6.45) is 0.807. The van der Waals surface area contributed by atoms with E-state index >= 15 is 0 Å². The maximum atomic E-state index is 12.2. The van der Waals surface area contributed by atoms with Gasteiger partial charge in [-0.2, -0.15) is 0 Å². The number of ether oxygens (including phenoxy) is 1. The molecule has 1 atom stereocenters. The average Bonchev–Trinajstić information content (AvgIpc) is 2.55. The van der Waals surface area contributed by atoms with Crippen LogP contribution in [-0.2, 0) is 10.5 Å². The zero-order valence-electron chi connectivity index (χ0n) is 12.6. The fourth-order valence-corrected chi connectivity index (χ4v) is 3.62. The van der Waals surface area contributed by atoms with E-state index in [9.17, 15) is 4.79 Å². The summed E-state index contributed by atoms with van der Waals surface area (Å²) < 4.78 is 5.62. The fourth-order valence-electron chi connectivity index (χ4n) is 2.62. The zero-order valence-corrected chi connectivity index (χ0v) is 14.2. The molecule has 1 aliphatic heterocycles. The number of thioether (sulfide) groups is 1. The van der Waals surface area contributed by atoms with Gasteiger partial charge in [0, 0.05) is 22.8 Å². The summed E-state index contributed by atoms with van der Waals surface area (Å²) in [5.41, 5.74) is 2.19. The van der Waals surface area contributed by atoms with Gasteiger partial charge in [-0.3, -0.25) is 4.79 Å². The van der Waals surface area contributed by atoms with E-state index in [4.69, 9.17) is 16.3 Å². The lowest BCUT2D eigenvalue weighted by Crippen LogP contribution is -2.33. The van der Waals surface area contributed by atoms with E-state index in [-0.39, 0.29) is 11.9 Å². The van der Waals surface area contributed by atoms with E-state index in [0.29, 0.717) is 12.4 Å². The fraction of sp³-hybridized carbons (Fsp3) is 0.278. The van der Waals surface area contributed by atoms with Gasteiger partial charge in [0.15, 0.2) is 0 Å². The number of hydrogen-bond donors (Lipinski definition) is 1. The van der Waals surface area contributed by atoms with Crippen LogP contribution in [0.2, 0.25) is 5.02 Å². The summed E-state index contributed by atoms with van der Waals surface area (Å²) in [5, 5.41) is 3.83. The van der Waals surface area contributed by atoms with Gasteiger partial charge in [-0.05, 0) is 23.8 Å². The Hall–Kier alpha value is -1.65. The Bertz CT molecular complexity index is 692. The number of nitrogens with one attached hydrogen (secondary N) is 1. The Labute approximate surface area is 145 Å². The third kappa shape index (κ3) is 4.43. The van der Waals surface area contributed by atoms with Crippen LogP contribution in [-0.4, -0.2) is 18.3 Å². The van der Waals surface area contributed by atoms with Gasteiger partial charge in [0.1, 0.15) is 5.75 Å². The molecule has 0 radical (unpaired) electrons. The molecule has 0 fully saturated rings. The second-order valence-corrected chi connectivity index (χ2v) is 6.84. The molecule has 0 saturated carbocycles. The SMILES string of the molecule is O=C(CSCc1cccc(Cl)c1)N[C@H]1CCOc2ccccc21. The second kappa shape index (κ2) is 7.75. The lowest BCUT2D eigenvalue weighted by Gasteiger charge is -2.26. The van der Waals surface area contributed by atoms with Crippen molar-refractivity contribution in [1.29, 1.82) is 0 Å². The van der Waals surface area contributed by atoms with Gasteiger partial charge in [0.05, 0.1) is 18.4 Å². The van der Waals surface area contributed by atoms with Crippen LogP contribution in [0.4, 0.5) is 0 Å². The average molecular weight is 348 g/mol. The van der Waals surface area contributed by atoms with Crippen molar-refractivity contribution >= 4 is 29.3 Å². The molecule has 0 aromatic heterocycles. The molecular formula is C18H18ClNO2S. The molecule has 1 N–H and O–H groups in total. The molecule has 23 heavy (non-hydrogen) atoms. The molecule has 1 heterocycles. The zero-order chi connectivity index (χ0) is 16.1. The number of fused-ring (bicyclic) bond motifs is 1. The molecule has 0 bridgehead atoms. The van der Waals surface area contributed by atoms with Crippen molar-refractivity contribution in [3.8, 4) is 5.75 Å². The number of carbonyl (C=O) groups excluding carboxylic acids is 1. The maximum Gasteiger partial charge on any atom is 0.230 e. The van der Waals surface area contributed by atoms with Crippen molar-refractivity contribution in [2.45, 2.75) is 18.2 Å². The van der Waals surface area contributed by atoms with Crippen molar-refractivity contribution in [3.63, 3.8) is 0 Å². The molecule has 2 aromatic carbocycles. The number of para-hydroxylation sites is 1. The molecule has 3 rings (SSSR count). The molecule has 1 amide bonds. The lowest BCUT2D eigenvalue weighted by atomic mass is 10.0. The van der Waals surface area contributed by atoms with E-state index in [1.165, 1.54) is 0 Å². The van der Waals surface area contributed by atoms with E-state index < -0.39 is 0 Å². The van der Waals surface area contributed by atoms with Gasteiger partial charge in [-0.15, -0.1) is 11.8 Å². The molecule has 0 saturated heterocycles. The van der Waals surface area contributed by atoms with Crippen LogP contribution in [0.1, 0.15) is 23.6 Å². The van der Waals surface area contributed by atoms with E-state index in [0.717, 1.165) is 34.1 Å². The van der Waals surface area contributed by atoms with Gasteiger partial charge in [0.2, 0.25) is 5.91 Å². The van der Waals surface area contributed by atoms with Crippen molar-refractivity contribution in [3.05, 3.63) is 64.7 Å². The van der Waals surface area contributed by atoms with Crippen LogP contribution in [0.3, 0.4) is 0 Å². The van der Waals surface area contributed by atoms with Gasteiger partial charge < -0.3 is 10.1 Å². The van der Waals surface area contributed by atoms with Crippen LogP contribution in [0, 0.1) is 0 Å². The summed E-state index contributed by atoms with van der Waals surface area (Å²) in [6, 6.07) is 15.7. The molecule has 0 spiro atoms. The maximum absolute atomic E-state index is 12.2. The summed E-state index contributed by atoms with van der Waals surface area (Å²) in [4.78, 5) is 12.2. The predicted octanol–water partition coefficient (Wildman–Crippen LogP) is 4.21. The monoisotopic (exact) mass is 347 g/mol. The highest BCUT2D eigenvalue weighted by Gasteiger charge is 2.22. The van der Waals surface area contributed by atoms with Crippen LogP contribution in [0.25, 0.3) is 0 Å². The van der Waals surface area contributed by atoms with Gasteiger partial charge in [0.25, 0.3) is 0 Å². The first-order valence-electron chi connectivity index (χ1n) is 7.55. The van der Waals surface area contributed by atoms with Crippen LogP contribution < -0.4 is 10.1 Å². The first-order valence-corrected chi connectivity index (χ1v) is 9.09. The third-order valence-electron chi connectivity index (χ3n) is 3.68. The lowest BCUT2D eigenvalue weighted by molar-refractivity contribution is -0.119. The van der Waals surface area contributed by atoms with Crippen molar-refractivity contribution in [1.82, 2.24) is 5.32 Å². The molecule has 1 aliphatic rings. The number of rotatable bonds is 5. The van der Waals surface area contributed by atoms with Crippen molar-refractivity contribution in [2.24, 2.45) is 0 Å². The quantitative estimate of drug-likeness (QED) is 0.880. The minimum Gasteiger partial charge on any atom is -0.493 e. The van der Waals surface area contributed by atoms with Gasteiger partial charge in [-0.1, -0.05) is 41.9 Å². The van der Waals surface area contributed by atoms with E-state index in [1.807, 2.05) is 48.5 Å². The molecule has 0 unspecified atom stereocenters. The minimum atomic E-state index is 0.0409. The topological polar surface area (TPSA) is 38.3 Å². The van der Waals surface area contributed by atoms with Gasteiger partial charge in [-0.25, -0.2) is 0 Å². The van der Waals surface area contributed by atoms with E-state index in [1.54, 1.807) is 11.8 Å². The predicted molar refractivity (Wildman–Crippen MR) is 95.1 cm³/mol. The number of halogens is 1. The highest BCUT2D eigenvalue weighted by Crippen LogP contribution is 2.31. The highest BCUT2D eigenvalue weighted by atomic mass is 35.5. The Morgan fingerprint density at radius 1 is 1.26 bits per heavy atom. The van der Waals surface area contributed by atoms with E-state index in [2.05, 4.69) is 5.32 Å². The molecule has 5 heteroatoms. The molecule has 2 aromatic rings. The number of amides is 1. The van der Waals surface area contributed by atoms with Crippen molar-refractivity contribution < 1.29 is 9.53 Å². The smallest absolute Gasteiger partial charge is 0.230 e. The third-order valence-corrected chi connectivity index (χ3v) is 4.92. The first kappa shape index (κ1) is 16.2. The Kier molecular flexibility index (Phi) is 5.47. The summed E-state index contributed by atoms with van der Waals surface area (Å²) in [7, 11) is 0. The summed E-state index contributed by atoms with van der Waals surface area (Å²) >= 11 is 7.55. The van der Waals surface area contributed by atoms with Crippen LogP contribution in [0.15, 0.2) is 48.5 Å². The highest BCUT2D eigenvalue weighted by molar-refractivity contribution is 7.99.